The zero-order chi connectivity index (χ0) is 20.3. The number of amides is 2. The summed E-state index contributed by atoms with van der Waals surface area (Å²) in [5, 5.41) is 4.69. The van der Waals surface area contributed by atoms with Crippen LogP contribution in [0.4, 0.5) is 24.5 Å². The predicted molar refractivity (Wildman–Crippen MR) is 98.1 cm³/mol. The highest BCUT2D eigenvalue weighted by Crippen LogP contribution is 2.37. The van der Waals surface area contributed by atoms with Gasteiger partial charge in [0.1, 0.15) is 5.75 Å². The summed E-state index contributed by atoms with van der Waals surface area (Å²) in [4.78, 5) is 23.8. The van der Waals surface area contributed by atoms with E-state index >= 15 is 0 Å². The van der Waals surface area contributed by atoms with Crippen LogP contribution in [0.25, 0.3) is 0 Å². The number of hydrogen-bond donors (Lipinski definition) is 2. The van der Waals surface area contributed by atoms with E-state index in [0.717, 1.165) is 30.5 Å². The van der Waals surface area contributed by atoms with Crippen molar-refractivity contribution in [3.8, 4) is 5.75 Å². The molecule has 0 aromatic heterocycles. The first-order valence-electron chi connectivity index (χ1n) is 8.74. The maximum absolute atomic E-state index is 13.4. The van der Waals surface area contributed by atoms with Gasteiger partial charge in [0.2, 0.25) is 5.91 Å². The quantitative estimate of drug-likeness (QED) is 0.767. The first kappa shape index (κ1) is 19.7. The molecule has 0 saturated heterocycles. The molecule has 3 rings (SSSR count). The summed E-state index contributed by atoms with van der Waals surface area (Å²) < 4.78 is 45.5. The molecule has 0 atom stereocenters. The van der Waals surface area contributed by atoms with Crippen LogP contribution >= 0.6 is 0 Å². The average molecular weight is 392 g/mol. The van der Waals surface area contributed by atoms with Gasteiger partial charge in [-0.3, -0.25) is 9.59 Å². The lowest BCUT2D eigenvalue weighted by Crippen LogP contribution is -2.22. The summed E-state index contributed by atoms with van der Waals surface area (Å²) in [5.41, 5.74) is -0.459. The third-order valence-corrected chi connectivity index (χ3v) is 4.17. The summed E-state index contributed by atoms with van der Waals surface area (Å²) in [6.45, 7) is 1.42. The Bertz CT molecular complexity index is 893. The van der Waals surface area contributed by atoms with Crippen LogP contribution in [0.5, 0.6) is 5.75 Å². The number of carbonyl (C=O) groups excluding carboxylic acids is 2. The van der Waals surface area contributed by atoms with E-state index in [1.165, 1.54) is 6.07 Å². The maximum atomic E-state index is 13.4. The van der Waals surface area contributed by atoms with Gasteiger partial charge in [0.25, 0.3) is 5.91 Å². The first-order chi connectivity index (χ1) is 13.2. The minimum absolute atomic E-state index is 0.0400. The lowest BCUT2D eigenvalue weighted by molar-refractivity contribution is -0.137. The van der Waals surface area contributed by atoms with E-state index in [1.54, 1.807) is 18.2 Å². The zero-order valence-electron chi connectivity index (χ0n) is 15.1. The maximum Gasteiger partial charge on any atom is 0.418 e. The number of carbonyl (C=O) groups is 2. The molecular formula is C20H19F3N2O3. The van der Waals surface area contributed by atoms with Crippen LogP contribution in [-0.2, 0) is 15.8 Å². The molecule has 2 aromatic rings. The fourth-order valence-corrected chi connectivity index (χ4v) is 2.60. The van der Waals surface area contributed by atoms with Crippen molar-refractivity contribution in [2.24, 2.45) is 5.92 Å². The molecular weight excluding hydrogens is 373 g/mol. The van der Waals surface area contributed by atoms with E-state index in [0.29, 0.717) is 5.75 Å². The molecule has 2 N–H and O–H groups in total. The Morgan fingerprint density at radius 2 is 1.86 bits per heavy atom. The highest BCUT2D eigenvalue weighted by atomic mass is 19.4. The Labute approximate surface area is 159 Å². The number of ether oxygens (including phenoxy) is 1. The molecule has 0 spiro atoms. The number of anilines is 2. The number of nitrogens with one attached hydrogen (secondary N) is 2. The first-order valence-corrected chi connectivity index (χ1v) is 8.74. The van der Waals surface area contributed by atoms with Crippen molar-refractivity contribution in [1.82, 2.24) is 0 Å². The van der Waals surface area contributed by atoms with Crippen molar-refractivity contribution in [3.63, 3.8) is 0 Å². The van der Waals surface area contributed by atoms with E-state index < -0.39 is 29.9 Å². The molecule has 1 saturated carbocycles. The normalized spacial score (nSPS) is 13.7. The smallest absolute Gasteiger partial charge is 0.418 e. The summed E-state index contributed by atoms with van der Waals surface area (Å²) in [6.07, 6.45) is -3.21. The molecule has 0 heterocycles. The summed E-state index contributed by atoms with van der Waals surface area (Å²) >= 11 is 0. The highest BCUT2D eigenvalue weighted by molar-refractivity contribution is 5.96. The Hall–Kier alpha value is -3.03. The van der Waals surface area contributed by atoms with Crippen molar-refractivity contribution in [2.45, 2.75) is 25.9 Å². The molecule has 28 heavy (non-hydrogen) atoms. The molecule has 2 amide bonds. The van der Waals surface area contributed by atoms with Gasteiger partial charge in [0.05, 0.1) is 11.3 Å². The monoisotopic (exact) mass is 392 g/mol. The molecule has 1 aliphatic rings. The molecule has 8 heteroatoms. The third-order valence-electron chi connectivity index (χ3n) is 4.17. The molecule has 1 aliphatic carbocycles. The second-order valence-corrected chi connectivity index (χ2v) is 6.68. The van der Waals surface area contributed by atoms with Crippen molar-refractivity contribution in [1.29, 1.82) is 0 Å². The summed E-state index contributed by atoms with van der Waals surface area (Å²) in [6, 6.07) is 10.2. The number of halogens is 3. The molecule has 0 unspecified atom stereocenters. The molecule has 0 aliphatic heterocycles. The summed E-state index contributed by atoms with van der Waals surface area (Å²) in [5.74, 6) is -0.699. The van der Waals surface area contributed by atoms with E-state index in [1.807, 2.05) is 13.0 Å². The largest absolute Gasteiger partial charge is 0.484 e. The summed E-state index contributed by atoms with van der Waals surface area (Å²) in [7, 11) is 0. The fraction of sp³-hybridized carbons (Fsp3) is 0.300. The molecule has 1 fully saturated rings. The number of benzene rings is 2. The van der Waals surface area contributed by atoms with Crippen molar-refractivity contribution >= 4 is 23.2 Å². The van der Waals surface area contributed by atoms with Crippen LogP contribution < -0.4 is 15.4 Å². The SMILES string of the molecule is Cc1cccc(OCC(=O)Nc2ccc(NC(=O)C3CC3)cc2C(F)(F)F)c1. The predicted octanol–water partition coefficient (Wildman–Crippen LogP) is 4.38. The topological polar surface area (TPSA) is 67.4 Å². The van der Waals surface area contributed by atoms with Crippen LogP contribution in [0.2, 0.25) is 0 Å². The van der Waals surface area contributed by atoms with Gasteiger partial charge in [0.15, 0.2) is 6.61 Å². The molecule has 148 valence electrons. The van der Waals surface area contributed by atoms with Gasteiger partial charge in [-0.1, -0.05) is 12.1 Å². The van der Waals surface area contributed by atoms with Crippen LogP contribution in [0, 0.1) is 12.8 Å². The van der Waals surface area contributed by atoms with E-state index in [-0.39, 0.29) is 17.5 Å². The van der Waals surface area contributed by atoms with Crippen molar-refractivity contribution in [3.05, 3.63) is 53.6 Å². The van der Waals surface area contributed by atoms with Gasteiger partial charge in [-0.05, 0) is 55.7 Å². The standard InChI is InChI=1S/C20H19F3N2O3/c1-12-3-2-4-15(9-12)28-11-18(26)25-17-8-7-14(10-16(17)20(21,22)23)24-19(27)13-5-6-13/h2-4,7-10,13H,5-6,11H2,1H3,(H,24,27)(H,25,26). The van der Waals surface area contributed by atoms with Crippen LogP contribution in [0.1, 0.15) is 24.0 Å². The van der Waals surface area contributed by atoms with Gasteiger partial charge < -0.3 is 15.4 Å². The van der Waals surface area contributed by atoms with Gasteiger partial charge >= 0.3 is 6.18 Å². The van der Waals surface area contributed by atoms with Crippen LogP contribution in [0.3, 0.4) is 0 Å². The Morgan fingerprint density at radius 3 is 2.50 bits per heavy atom. The lowest BCUT2D eigenvalue weighted by Gasteiger charge is -2.16. The Kier molecular flexibility index (Phi) is 5.58. The van der Waals surface area contributed by atoms with Gasteiger partial charge in [-0.2, -0.15) is 13.2 Å². The molecule has 5 nitrogen and oxygen atoms in total. The fourth-order valence-electron chi connectivity index (χ4n) is 2.60. The van der Waals surface area contributed by atoms with Gasteiger partial charge in [-0.15, -0.1) is 0 Å². The van der Waals surface area contributed by atoms with Crippen LogP contribution in [0.15, 0.2) is 42.5 Å². The van der Waals surface area contributed by atoms with Crippen LogP contribution in [-0.4, -0.2) is 18.4 Å². The number of hydrogen-bond acceptors (Lipinski definition) is 3. The van der Waals surface area contributed by atoms with Gasteiger partial charge in [-0.25, -0.2) is 0 Å². The number of aryl methyl sites for hydroxylation is 1. The second kappa shape index (κ2) is 7.92. The molecule has 2 aromatic carbocycles. The Morgan fingerprint density at radius 1 is 1.11 bits per heavy atom. The van der Waals surface area contributed by atoms with E-state index in [9.17, 15) is 22.8 Å². The average Bonchev–Trinajstić information content (AvgIpc) is 3.46. The highest BCUT2D eigenvalue weighted by Gasteiger charge is 2.35. The zero-order valence-corrected chi connectivity index (χ0v) is 15.1. The second-order valence-electron chi connectivity index (χ2n) is 6.68. The van der Waals surface area contributed by atoms with Gasteiger partial charge in [0, 0.05) is 11.6 Å². The van der Waals surface area contributed by atoms with Crippen molar-refractivity contribution in [2.75, 3.05) is 17.2 Å². The number of rotatable bonds is 6. The molecule has 0 radical (unpaired) electrons. The Balaban J connectivity index is 1.69. The third kappa shape index (κ3) is 5.25. The van der Waals surface area contributed by atoms with E-state index in [4.69, 9.17) is 4.74 Å². The number of alkyl halides is 3. The van der Waals surface area contributed by atoms with Crippen molar-refractivity contribution < 1.29 is 27.5 Å². The lowest BCUT2D eigenvalue weighted by atomic mass is 10.1. The van der Waals surface area contributed by atoms with E-state index in [2.05, 4.69) is 10.6 Å². The molecule has 0 bridgehead atoms. The minimum atomic E-state index is -4.69. The minimum Gasteiger partial charge on any atom is -0.484 e.